The van der Waals surface area contributed by atoms with Crippen LogP contribution in [0.4, 0.5) is 0 Å². The summed E-state index contributed by atoms with van der Waals surface area (Å²) < 4.78 is 8.10. The van der Waals surface area contributed by atoms with E-state index < -0.39 is 0 Å². The van der Waals surface area contributed by atoms with Gasteiger partial charge in [0.15, 0.2) is 0 Å². The maximum absolute atomic E-state index is 12.7. The number of hydrogen-bond donors (Lipinski definition) is 0. The van der Waals surface area contributed by atoms with Crippen LogP contribution in [0.5, 0.6) is 5.19 Å². The van der Waals surface area contributed by atoms with Crippen LogP contribution in [0, 0.1) is 9.49 Å². The zero-order valence-electron chi connectivity index (χ0n) is 14.2. The first-order valence-electron chi connectivity index (χ1n) is 8.73. The second-order valence-electron chi connectivity index (χ2n) is 6.47. The second-order valence-corrected chi connectivity index (χ2v) is 8.63. The fourth-order valence-electron chi connectivity index (χ4n) is 3.21. The molecule has 2 aromatic carbocycles. The average molecular weight is 478 g/mol. The van der Waals surface area contributed by atoms with E-state index in [1.165, 1.54) is 0 Å². The van der Waals surface area contributed by atoms with Gasteiger partial charge < -0.3 is 9.64 Å². The van der Waals surface area contributed by atoms with Crippen LogP contribution in [0.3, 0.4) is 0 Å². The number of amides is 1. The predicted molar refractivity (Wildman–Crippen MR) is 113 cm³/mol. The molecule has 3 aromatic rings. The molecule has 1 aromatic heterocycles. The van der Waals surface area contributed by atoms with Crippen molar-refractivity contribution in [2.45, 2.75) is 12.8 Å². The molecule has 0 unspecified atom stereocenters. The molecule has 26 heavy (non-hydrogen) atoms. The molecule has 1 aliphatic rings. The topological polar surface area (TPSA) is 42.4 Å². The van der Waals surface area contributed by atoms with Gasteiger partial charge in [-0.25, -0.2) is 4.98 Å². The van der Waals surface area contributed by atoms with Crippen molar-refractivity contribution in [2.75, 3.05) is 19.7 Å². The molecule has 0 bridgehead atoms. The normalized spacial score (nSPS) is 15.3. The van der Waals surface area contributed by atoms with Crippen LogP contribution >= 0.6 is 33.9 Å². The van der Waals surface area contributed by atoms with Crippen molar-refractivity contribution in [3.63, 3.8) is 0 Å². The molecular formula is C20H19IN2O2S. The summed E-state index contributed by atoms with van der Waals surface area (Å²) in [5.41, 5.74) is 1.79. The fourth-order valence-corrected chi connectivity index (χ4v) is 4.65. The van der Waals surface area contributed by atoms with E-state index >= 15 is 0 Å². The Bertz CT molecular complexity index is 886. The second kappa shape index (κ2) is 7.92. The maximum atomic E-state index is 12.7. The number of aromatic nitrogens is 1. The van der Waals surface area contributed by atoms with Gasteiger partial charge in [0.25, 0.3) is 11.1 Å². The SMILES string of the molecule is O=C(c1ccccc1I)N1CCC(COc2nc3ccccc3s2)CC1. The summed E-state index contributed by atoms with van der Waals surface area (Å²) in [6.45, 7) is 2.25. The van der Waals surface area contributed by atoms with Crippen molar-refractivity contribution in [1.82, 2.24) is 9.88 Å². The van der Waals surface area contributed by atoms with Crippen LogP contribution < -0.4 is 4.74 Å². The number of thiazole rings is 1. The Hall–Kier alpha value is -1.67. The van der Waals surface area contributed by atoms with Crippen LogP contribution in [0.2, 0.25) is 0 Å². The van der Waals surface area contributed by atoms with Gasteiger partial charge in [-0.2, -0.15) is 0 Å². The third kappa shape index (κ3) is 3.86. The highest BCUT2D eigenvalue weighted by Gasteiger charge is 2.25. The highest BCUT2D eigenvalue weighted by molar-refractivity contribution is 14.1. The Morgan fingerprint density at radius 3 is 2.65 bits per heavy atom. The van der Waals surface area contributed by atoms with Crippen molar-refractivity contribution in [2.24, 2.45) is 5.92 Å². The highest BCUT2D eigenvalue weighted by Crippen LogP contribution is 2.28. The lowest BCUT2D eigenvalue weighted by Gasteiger charge is -2.32. The monoisotopic (exact) mass is 478 g/mol. The van der Waals surface area contributed by atoms with Gasteiger partial charge >= 0.3 is 0 Å². The number of nitrogens with zero attached hydrogens (tertiary/aromatic N) is 2. The van der Waals surface area contributed by atoms with Gasteiger partial charge in [0, 0.05) is 16.7 Å². The van der Waals surface area contributed by atoms with Gasteiger partial charge in [-0.15, -0.1) is 0 Å². The molecule has 1 saturated heterocycles. The summed E-state index contributed by atoms with van der Waals surface area (Å²) in [6, 6.07) is 15.9. The molecule has 0 radical (unpaired) electrons. The first-order valence-corrected chi connectivity index (χ1v) is 10.6. The van der Waals surface area contributed by atoms with Gasteiger partial charge in [-0.3, -0.25) is 4.79 Å². The van der Waals surface area contributed by atoms with E-state index in [9.17, 15) is 4.79 Å². The molecule has 2 heterocycles. The van der Waals surface area contributed by atoms with Crippen molar-refractivity contribution in [3.05, 3.63) is 57.7 Å². The van der Waals surface area contributed by atoms with Gasteiger partial charge in [0.2, 0.25) is 0 Å². The number of benzene rings is 2. The van der Waals surface area contributed by atoms with E-state index in [0.717, 1.165) is 50.5 Å². The van der Waals surface area contributed by atoms with Crippen LogP contribution in [-0.2, 0) is 0 Å². The van der Waals surface area contributed by atoms with E-state index in [1.807, 2.05) is 47.4 Å². The predicted octanol–water partition coefficient (Wildman–Crippen LogP) is 4.83. The number of hydrogen-bond acceptors (Lipinski definition) is 4. The summed E-state index contributed by atoms with van der Waals surface area (Å²) in [5, 5.41) is 0.739. The van der Waals surface area contributed by atoms with E-state index in [1.54, 1.807) is 11.3 Å². The molecule has 0 aliphatic carbocycles. The van der Waals surface area contributed by atoms with Crippen molar-refractivity contribution in [1.29, 1.82) is 0 Å². The third-order valence-corrected chi connectivity index (χ3v) is 6.61. The number of likely N-dealkylation sites (tertiary alicyclic amines) is 1. The molecule has 0 spiro atoms. The summed E-state index contributed by atoms with van der Waals surface area (Å²) in [6.07, 6.45) is 1.94. The zero-order chi connectivity index (χ0) is 17.9. The molecule has 1 amide bonds. The number of halogens is 1. The Morgan fingerprint density at radius 1 is 1.15 bits per heavy atom. The van der Waals surface area contributed by atoms with Crippen molar-refractivity contribution < 1.29 is 9.53 Å². The lowest BCUT2D eigenvalue weighted by atomic mass is 9.97. The molecule has 4 rings (SSSR count). The Balaban J connectivity index is 1.31. The lowest BCUT2D eigenvalue weighted by molar-refractivity contribution is 0.0660. The Labute approximate surface area is 170 Å². The Morgan fingerprint density at radius 2 is 1.88 bits per heavy atom. The quantitative estimate of drug-likeness (QED) is 0.505. The summed E-state index contributed by atoms with van der Waals surface area (Å²) >= 11 is 3.82. The van der Waals surface area contributed by atoms with E-state index in [0.29, 0.717) is 12.5 Å². The molecule has 0 atom stereocenters. The van der Waals surface area contributed by atoms with Crippen molar-refractivity contribution >= 4 is 50.1 Å². The van der Waals surface area contributed by atoms with Gasteiger partial charge in [-0.05, 0) is 65.6 Å². The fraction of sp³-hybridized carbons (Fsp3) is 0.300. The molecule has 6 heteroatoms. The zero-order valence-corrected chi connectivity index (χ0v) is 17.2. The number of carbonyl (C=O) groups is 1. The standard InChI is InChI=1S/C20H19IN2O2S/c21-16-6-2-1-5-15(16)19(24)23-11-9-14(10-12-23)13-25-20-22-17-7-3-4-8-18(17)26-20/h1-8,14H,9-13H2. The first kappa shape index (κ1) is 17.7. The summed E-state index contributed by atoms with van der Waals surface area (Å²) in [5.74, 6) is 0.612. The van der Waals surface area contributed by atoms with Crippen LogP contribution in [0.1, 0.15) is 23.2 Å². The molecule has 4 nitrogen and oxygen atoms in total. The lowest BCUT2D eigenvalue weighted by Crippen LogP contribution is -2.40. The van der Waals surface area contributed by atoms with Crippen LogP contribution in [0.25, 0.3) is 10.2 Å². The van der Waals surface area contributed by atoms with Gasteiger partial charge in [0.1, 0.15) is 0 Å². The van der Waals surface area contributed by atoms with E-state index in [-0.39, 0.29) is 5.91 Å². The Kier molecular flexibility index (Phi) is 5.40. The van der Waals surface area contributed by atoms with E-state index in [4.69, 9.17) is 4.74 Å². The molecule has 0 saturated carbocycles. The average Bonchev–Trinajstić information content (AvgIpc) is 3.10. The molecule has 1 aliphatic heterocycles. The molecule has 0 N–H and O–H groups in total. The first-order chi connectivity index (χ1) is 12.7. The largest absolute Gasteiger partial charge is 0.470 e. The van der Waals surface area contributed by atoms with Gasteiger partial charge in [0.05, 0.1) is 22.4 Å². The highest BCUT2D eigenvalue weighted by atomic mass is 127. The molecule has 1 fully saturated rings. The summed E-state index contributed by atoms with van der Waals surface area (Å²) in [7, 11) is 0. The minimum Gasteiger partial charge on any atom is -0.470 e. The number of rotatable bonds is 4. The van der Waals surface area contributed by atoms with Crippen LogP contribution in [-0.4, -0.2) is 35.5 Å². The van der Waals surface area contributed by atoms with E-state index in [2.05, 4.69) is 33.6 Å². The number of piperidine rings is 1. The van der Waals surface area contributed by atoms with Gasteiger partial charge in [-0.1, -0.05) is 35.6 Å². The molecule has 134 valence electrons. The number of carbonyl (C=O) groups excluding carboxylic acids is 1. The maximum Gasteiger partial charge on any atom is 0.274 e. The molecular weight excluding hydrogens is 459 g/mol. The smallest absolute Gasteiger partial charge is 0.274 e. The summed E-state index contributed by atoms with van der Waals surface area (Å²) in [4.78, 5) is 19.2. The number of fused-ring (bicyclic) bond motifs is 1. The van der Waals surface area contributed by atoms with Crippen LogP contribution in [0.15, 0.2) is 48.5 Å². The minimum atomic E-state index is 0.139. The van der Waals surface area contributed by atoms with Crippen molar-refractivity contribution in [3.8, 4) is 5.19 Å². The number of para-hydroxylation sites is 1. The number of ether oxygens (including phenoxy) is 1. The third-order valence-electron chi connectivity index (χ3n) is 4.72. The minimum absolute atomic E-state index is 0.139.